The van der Waals surface area contributed by atoms with E-state index in [1.54, 1.807) is 15.8 Å². The summed E-state index contributed by atoms with van der Waals surface area (Å²) >= 11 is 0. The summed E-state index contributed by atoms with van der Waals surface area (Å²) in [4.78, 5) is 27.1. The van der Waals surface area contributed by atoms with E-state index < -0.39 is 29.8 Å². The molecule has 2 fully saturated rings. The first kappa shape index (κ1) is 22.7. The predicted molar refractivity (Wildman–Crippen MR) is 116 cm³/mol. The van der Waals surface area contributed by atoms with Gasteiger partial charge in [-0.25, -0.2) is 19.7 Å². The number of anilines is 1. The summed E-state index contributed by atoms with van der Waals surface area (Å²) in [6.45, 7) is 12.1. The predicted octanol–water partition coefficient (Wildman–Crippen LogP) is 2.47. The first-order chi connectivity index (χ1) is 15.0. The van der Waals surface area contributed by atoms with Gasteiger partial charge in [-0.15, -0.1) is 0 Å². The molecule has 11 heteroatoms. The van der Waals surface area contributed by atoms with Crippen LogP contribution < -0.4 is 5.73 Å². The van der Waals surface area contributed by atoms with E-state index in [4.69, 9.17) is 24.7 Å². The molecule has 4 heterocycles. The highest BCUT2D eigenvalue weighted by molar-refractivity contribution is 5.81. The van der Waals surface area contributed by atoms with E-state index >= 15 is 0 Å². The van der Waals surface area contributed by atoms with Crippen LogP contribution in [0, 0.1) is 0 Å². The zero-order valence-corrected chi connectivity index (χ0v) is 19.4. The lowest BCUT2D eigenvalue weighted by Crippen LogP contribution is -2.45. The lowest BCUT2D eigenvalue weighted by molar-refractivity contribution is -0.197. The van der Waals surface area contributed by atoms with E-state index in [-0.39, 0.29) is 12.2 Å². The molecule has 2 saturated heterocycles. The number of hydrogen-bond donors (Lipinski definition) is 1. The zero-order chi connectivity index (χ0) is 23.3. The molecule has 4 rings (SSSR count). The van der Waals surface area contributed by atoms with Crippen molar-refractivity contribution in [1.29, 1.82) is 0 Å². The molecule has 0 aromatic carbocycles. The fourth-order valence-corrected chi connectivity index (χ4v) is 4.16. The topological polar surface area (TPSA) is 127 Å². The Hall–Kier alpha value is -2.50. The maximum Gasteiger partial charge on any atom is 0.410 e. The van der Waals surface area contributed by atoms with Gasteiger partial charge < -0.3 is 29.6 Å². The molecule has 4 atom stereocenters. The first-order valence-corrected chi connectivity index (χ1v) is 10.9. The number of nitrogens with zero attached hydrogens (tertiary/aromatic N) is 5. The van der Waals surface area contributed by atoms with Crippen LogP contribution in [0.4, 0.5) is 10.6 Å². The van der Waals surface area contributed by atoms with Crippen molar-refractivity contribution in [2.75, 3.05) is 18.8 Å². The van der Waals surface area contributed by atoms with Crippen LogP contribution in [0.3, 0.4) is 0 Å². The molecule has 0 saturated carbocycles. The van der Waals surface area contributed by atoms with Crippen molar-refractivity contribution < 1.29 is 23.7 Å². The number of nitrogen functional groups attached to an aromatic ring is 1. The summed E-state index contributed by atoms with van der Waals surface area (Å²) < 4.78 is 26.2. The summed E-state index contributed by atoms with van der Waals surface area (Å²) in [7, 11) is 0. The van der Waals surface area contributed by atoms with Crippen LogP contribution in [0.25, 0.3) is 11.2 Å². The fraction of sp³-hybridized carbons (Fsp3) is 0.714. The molecule has 11 nitrogen and oxygen atoms in total. The van der Waals surface area contributed by atoms with Gasteiger partial charge in [0.2, 0.25) is 0 Å². The number of carbonyl (C=O) groups excluding carboxylic acids is 1. The second-order valence-corrected chi connectivity index (χ2v) is 9.64. The number of rotatable bonds is 5. The number of ether oxygens (including phenoxy) is 4. The Kier molecular flexibility index (Phi) is 5.76. The average molecular weight is 449 g/mol. The molecule has 2 aromatic heterocycles. The third-order valence-electron chi connectivity index (χ3n) is 5.33. The SMILES string of the molecule is CCCN(C[C@H]1O[C@@H](n2cnc3c(N)ncnc32)[C@@H]2OC(C)(C)O[C@@H]21)C(=O)OC(C)(C)C. The molecule has 176 valence electrons. The first-order valence-electron chi connectivity index (χ1n) is 10.9. The van der Waals surface area contributed by atoms with E-state index in [0.29, 0.717) is 30.1 Å². The van der Waals surface area contributed by atoms with Crippen LogP contribution in [0.2, 0.25) is 0 Å². The van der Waals surface area contributed by atoms with Crippen molar-refractivity contribution in [3.05, 3.63) is 12.7 Å². The molecule has 0 aliphatic carbocycles. The number of carbonyl (C=O) groups is 1. The number of amides is 1. The van der Waals surface area contributed by atoms with Crippen LogP contribution in [0.15, 0.2) is 12.7 Å². The van der Waals surface area contributed by atoms with Crippen LogP contribution >= 0.6 is 0 Å². The molecule has 0 radical (unpaired) electrons. The number of fused-ring (bicyclic) bond motifs is 2. The molecule has 2 aliphatic rings. The summed E-state index contributed by atoms with van der Waals surface area (Å²) in [5.74, 6) is -0.496. The Balaban J connectivity index is 1.62. The summed E-state index contributed by atoms with van der Waals surface area (Å²) in [6.07, 6.45) is 1.65. The highest BCUT2D eigenvalue weighted by Crippen LogP contribution is 2.44. The summed E-state index contributed by atoms with van der Waals surface area (Å²) in [5.41, 5.74) is 6.40. The standard InChI is InChI=1S/C21H32N6O5/c1-7-8-26(19(28)32-20(2,3)4)9-12-14-15(31-21(5,6)30-14)18(29-12)27-11-25-13-16(22)23-10-24-17(13)27/h10-12,14-15,18H,7-9H2,1-6H3,(H2,22,23,24)/t12-,14-,15-,18-/m1/s1. The molecular formula is C21H32N6O5. The largest absolute Gasteiger partial charge is 0.444 e. The highest BCUT2D eigenvalue weighted by atomic mass is 16.8. The lowest BCUT2D eigenvalue weighted by atomic mass is 10.1. The molecule has 0 spiro atoms. The van der Waals surface area contributed by atoms with E-state index in [9.17, 15) is 4.79 Å². The molecule has 2 aromatic rings. The maximum atomic E-state index is 12.8. The van der Waals surface area contributed by atoms with Gasteiger partial charge >= 0.3 is 6.09 Å². The minimum absolute atomic E-state index is 0.294. The van der Waals surface area contributed by atoms with Gasteiger partial charge in [-0.05, 0) is 41.0 Å². The zero-order valence-electron chi connectivity index (χ0n) is 19.4. The van der Waals surface area contributed by atoms with Gasteiger partial charge in [0, 0.05) is 6.54 Å². The summed E-state index contributed by atoms with van der Waals surface area (Å²) in [6, 6.07) is 0. The van der Waals surface area contributed by atoms with Gasteiger partial charge in [0.15, 0.2) is 23.5 Å². The Morgan fingerprint density at radius 1 is 1.25 bits per heavy atom. The third-order valence-corrected chi connectivity index (χ3v) is 5.33. The Labute approximate surface area is 187 Å². The Morgan fingerprint density at radius 3 is 2.66 bits per heavy atom. The normalized spacial score (nSPS) is 26.9. The second-order valence-electron chi connectivity index (χ2n) is 9.64. The number of hydrogen-bond acceptors (Lipinski definition) is 9. The number of nitrogens with two attached hydrogens (primary N) is 1. The van der Waals surface area contributed by atoms with Crippen molar-refractivity contribution in [3.8, 4) is 0 Å². The van der Waals surface area contributed by atoms with Gasteiger partial charge in [-0.2, -0.15) is 0 Å². The smallest absolute Gasteiger partial charge is 0.410 e. The molecule has 0 unspecified atom stereocenters. The van der Waals surface area contributed by atoms with Gasteiger partial charge in [0.1, 0.15) is 35.8 Å². The number of aromatic nitrogens is 4. The van der Waals surface area contributed by atoms with Crippen molar-refractivity contribution in [2.24, 2.45) is 0 Å². The van der Waals surface area contributed by atoms with Crippen LogP contribution in [0.1, 0.15) is 54.2 Å². The third kappa shape index (κ3) is 4.37. The molecule has 1 amide bonds. The van der Waals surface area contributed by atoms with Gasteiger partial charge in [-0.1, -0.05) is 6.92 Å². The second kappa shape index (κ2) is 8.13. The van der Waals surface area contributed by atoms with Crippen LogP contribution in [0.5, 0.6) is 0 Å². The number of imidazole rings is 1. The molecule has 32 heavy (non-hydrogen) atoms. The quantitative estimate of drug-likeness (QED) is 0.734. The maximum absolute atomic E-state index is 12.8. The highest BCUT2D eigenvalue weighted by Gasteiger charge is 2.56. The van der Waals surface area contributed by atoms with Crippen LogP contribution in [-0.2, 0) is 18.9 Å². The molecule has 2 N–H and O–H groups in total. The molecular weight excluding hydrogens is 416 g/mol. The van der Waals surface area contributed by atoms with E-state index in [2.05, 4.69) is 15.0 Å². The van der Waals surface area contributed by atoms with E-state index in [1.165, 1.54) is 6.33 Å². The van der Waals surface area contributed by atoms with E-state index in [0.717, 1.165) is 6.42 Å². The lowest BCUT2D eigenvalue weighted by Gasteiger charge is -2.30. The van der Waals surface area contributed by atoms with Gasteiger partial charge in [-0.3, -0.25) is 4.57 Å². The fourth-order valence-electron chi connectivity index (χ4n) is 4.16. The average Bonchev–Trinajstić information content (AvgIpc) is 3.32. The molecule has 2 aliphatic heterocycles. The molecule has 0 bridgehead atoms. The monoisotopic (exact) mass is 448 g/mol. The minimum Gasteiger partial charge on any atom is -0.444 e. The Bertz CT molecular complexity index is 987. The van der Waals surface area contributed by atoms with Gasteiger partial charge in [0.25, 0.3) is 0 Å². The Morgan fingerprint density at radius 2 is 1.97 bits per heavy atom. The van der Waals surface area contributed by atoms with Crippen molar-refractivity contribution in [1.82, 2.24) is 24.4 Å². The van der Waals surface area contributed by atoms with Crippen molar-refractivity contribution in [2.45, 2.75) is 83.9 Å². The van der Waals surface area contributed by atoms with Gasteiger partial charge in [0.05, 0.1) is 12.9 Å². The van der Waals surface area contributed by atoms with E-state index in [1.807, 2.05) is 41.5 Å². The van der Waals surface area contributed by atoms with Crippen molar-refractivity contribution >= 4 is 23.1 Å². The summed E-state index contributed by atoms with van der Waals surface area (Å²) in [5, 5.41) is 0. The van der Waals surface area contributed by atoms with Crippen molar-refractivity contribution in [3.63, 3.8) is 0 Å². The minimum atomic E-state index is -0.790. The van der Waals surface area contributed by atoms with Crippen LogP contribution in [-0.4, -0.2) is 73.3 Å².